The molecular weight excluding hydrogens is 192 g/mol. The van der Waals surface area contributed by atoms with Gasteiger partial charge < -0.3 is 15.0 Å². The number of ether oxygens (including phenoxy) is 1. The Morgan fingerprint density at radius 3 is 3.00 bits per heavy atom. The summed E-state index contributed by atoms with van der Waals surface area (Å²) in [6.07, 6.45) is 5.66. The van der Waals surface area contributed by atoms with E-state index in [2.05, 4.69) is 6.92 Å². The summed E-state index contributed by atoms with van der Waals surface area (Å²) < 4.78 is 6.83. The van der Waals surface area contributed by atoms with Crippen molar-refractivity contribution in [1.29, 1.82) is 0 Å². The molecule has 0 saturated carbocycles. The largest absolute Gasteiger partial charge is 0.464 e. The van der Waals surface area contributed by atoms with Crippen LogP contribution in [0.5, 0.6) is 0 Å². The van der Waals surface area contributed by atoms with Gasteiger partial charge in [-0.2, -0.15) is 0 Å². The van der Waals surface area contributed by atoms with Crippen LogP contribution in [-0.4, -0.2) is 17.1 Å². The fourth-order valence-electron chi connectivity index (χ4n) is 1.23. The van der Waals surface area contributed by atoms with Crippen LogP contribution >= 0.6 is 0 Å². The number of hydrogen-bond donors (Lipinski definition) is 1. The lowest BCUT2D eigenvalue weighted by atomic mass is 10.3. The van der Waals surface area contributed by atoms with Gasteiger partial charge in [0.1, 0.15) is 6.54 Å². The molecule has 0 aliphatic heterocycles. The van der Waals surface area contributed by atoms with E-state index in [0.29, 0.717) is 13.2 Å². The van der Waals surface area contributed by atoms with Crippen LogP contribution in [0, 0.1) is 0 Å². The van der Waals surface area contributed by atoms with Gasteiger partial charge in [0.05, 0.1) is 6.61 Å². The Morgan fingerprint density at radius 2 is 2.40 bits per heavy atom. The van der Waals surface area contributed by atoms with E-state index in [0.717, 1.165) is 18.4 Å². The molecular formula is C11H18N2O2. The van der Waals surface area contributed by atoms with Gasteiger partial charge in [-0.25, -0.2) is 0 Å². The van der Waals surface area contributed by atoms with Crippen LogP contribution < -0.4 is 5.73 Å². The van der Waals surface area contributed by atoms with Gasteiger partial charge in [-0.1, -0.05) is 13.3 Å². The summed E-state index contributed by atoms with van der Waals surface area (Å²) in [6, 6.07) is 1.90. The Labute approximate surface area is 90.0 Å². The Hall–Kier alpha value is -1.29. The number of rotatable bonds is 6. The molecule has 4 nitrogen and oxygen atoms in total. The summed E-state index contributed by atoms with van der Waals surface area (Å²) >= 11 is 0. The highest BCUT2D eigenvalue weighted by atomic mass is 16.5. The van der Waals surface area contributed by atoms with Gasteiger partial charge in [-0.05, 0) is 18.1 Å². The zero-order valence-corrected chi connectivity index (χ0v) is 9.11. The van der Waals surface area contributed by atoms with E-state index in [-0.39, 0.29) is 12.5 Å². The third-order valence-electron chi connectivity index (χ3n) is 2.12. The monoisotopic (exact) mass is 210 g/mol. The van der Waals surface area contributed by atoms with E-state index in [1.54, 1.807) is 4.57 Å². The fourth-order valence-corrected chi connectivity index (χ4v) is 1.23. The number of carbonyl (C=O) groups excluding carboxylic acids is 1. The van der Waals surface area contributed by atoms with Gasteiger partial charge in [0.15, 0.2) is 0 Å². The number of unbranched alkanes of at least 4 members (excludes halogenated alkanes) is 1. The average Bonchev–Trinajstić information content (AvgIpc) is 2.66. The molecule has 0 aromatic carbocycles. The number of esters is 1. The van der Waals surface area contributed by atoms with Crippen molar-refractivity contribution >= 4 is 5.97 Å². The van der Waals surface area contributed by atoms with Crippen molar-refractivity contribution < 1.29 is 9.53 Å². The molecule has 15 heavy (non-hydrogen) atoms. The maximum absolute atomic E-state index is 11.3. The molecule has 0 saturated heterocycles. The van der Waals surface area contributed by atoms with Crippen molar-refractivity contribution in [2.45, 2.75) is 32.9 Å². The van der Waals surface area contributed by atoms with E-state index < -0.39 is 0 Å². The Morgan fingerprint density at radius 1 is 1.60 bits per heavy atom. The van der Waals surface area contributed by atoms with Crippen molar-refractivity contribution in [3.05, 3.63) is 24.0 Å². The predicted molar refractivity (Wildman–Crippen MR) is 58.2 cm³/mol. The smallest absolute Gasteiger partial charge is 0.325 e. The van der Waals surface area contributed by atoms with Crippen LogP contribution in [0.25, 0.3) is 0 Å². The Kier molecular flexibility index (Phi) is 4.90. The average molecular weight is 210 g/mol. The lowest BCUT2D eigenvalue weighted by Gasteiger charge is -2.04. The third-order valence-corrected chi connectivity index (χ3v) is 2.12. The second-order valence-electron chi connectivity index (χ2n) is 3.47. The Bertz CT molecular complexity index is 307. The van der Waals surface area contributed by atoms with Crippen LogP contribution in [0.3, 0.4) is 0 Å². The fraction of sp³-hybridized carbons (Fsp3) is 0.545. The number of carbonyl (C=O) groups is 1. The molecule has 4 heteroatoms. The highest BCUT2D eigenvalue weighted by Crippen LogP contribution is 2.00. The van der Waals surface area contributed by atoms with E-state index in [4.69, 9.17) is 10.5 Å². The molecule has 1 aromatic rings. The first-order chi connectivity index (χ1) is 7.26. The van der Waals surface area contributed by atoms with Crippen molar-refractivity contribution in [2.75, 3.05) is 6.61 Å². The number of hydrogen-bond acceptors (Lipinski definition) is 3. The SMILES string of the molecule is CCCCOC(=O)Cn1ccc(CN)c1. The summed E-state index contributed by atoms with van der Waals surface area (Å²) in [5.41, 5.74) is 6.49. The molecule has 0 unspecified atom stereocenters. The zero-order valence-electron chi connectivity index (χ0n) is 9.11. The minimum Gasteiger partial charge on any atom is -0.464 e. The van der Waals surface area contributed by atoms with E-state index in [1.165, 1.54) is 0 Å². The first-order valence-corrected chi connectivity index (χ1v) is 5.26. The number of aromatic nitrogens is 1. The summed E-state index contributed by atoms with van der Waals surface area (Å²) in [5.74, 6) is -0.192. The summed E-state index contributed by atoms with van der Waals surface area (Å²) in [4.78, 5) is 11.3. The van der Waals surface area contributed by atoms with Crippen LogP contribution in [0.1, 0.15) is 25.3 Å². The molecule has 0 aliphatic carbocycles. The maximum Gasteiger partial charge on any atom is 0.325 e. The van der Waals surface area contributed by atoms with Gasteiger partial charge in [0.25, 0.3) is 0 Å². The lowest BCUT2D eigenvalue weighted by Crippen LogP contribution is -2.13. The molecule has 0 radical (unpaired) electrons. The minimum absolute atomic E-state index is 0.192. The lowest BCUT2D eigenvalue weighted by molar-refractivity contribution is -0.144. The van der Waals surface area contributed by atoms with Gasteiger partial charge >= 0.3 is 5.97 Å². The molecule has 1 aromatic heterocycles. The highest BCUT2D eigenvalue weighted by Gasteiger charge is 2.03. The topological polar surface area (TPSA) is 57.2 Å². The van der Waals surface area contributed by atoms with Crippen molar-refractivity contribution in [2.24, 2.45) is 5.73 Å². The van der Waals surface area contributed by atoms with Gasteiger partial charge in [-0.15, -0.1) is 0 Å². The number of nitrogens with zero attached hydrogens (tertiary/aromatic N) is 1. The van der Waals surface area contributed by atoms with Crippen LogP contribution in [-0.2, 0) is 22.6 Å². The van der Waals surface area contributed by atoms with Gasteiger partial charge in [0.2, 0.25) is 0 Å². The summed E-state index contributed by atoms with van der Waals surface area (Å²) in [6.45, 7) is 3.34. The van der Waals surface area contributed by atoms with E-state index in [1.807, 2.05) is 18.5 Å². The zero-order chi connectivity index (χ0) is 11.1. The van der Waals surface area contributed by atoms with E-state index in [9.17, 15) is 4.79 Å². The molecule has 0 fully saturated rings. The van der Waals surface area contributed by atoms with Crippen LogP contribution in [0.4, 0.5) is 0 Å². The normalized spacial score (nSPS) is 10.3. The molecule has 2 N–H and O–H groups in total. The molecule has 0 atom stereocenters. The summed E-state index contributed by atoms with van der Waals surface area (Å²) in [5, 5.41) is 0. The van der Waals surface area contributed by atoms with Gasteiger partial charge in [-0.3, -0.25) is 4.79 Å². The van der Waals surface area contributed by atoms with Crippen molar-refractivity contribution in [3.63, 3.8) is 0 Å². The second-order valence-corrected chi connectivity index (χ2v) is 3.47. The third kappa shape index (κ3) is 4.16. The van der Waals surface area contributed by atoms with Crippen molar-refractivity contribution in [1.82, 2.24) is 4.57 Å². The predicted octanol–water partition coefficient (Wildman–Crippen LogP) is 1.29. The Balaban J connectivity index is 2.31. The molecule has 84 valence electrons. The standard InChI is InChI=1S/C11H18N2O2/c1-2-3-6-15-11(14)9-13-5-4-10(7-12)8-13/h4-5,8H,2-3,6-7,9,12H2,1H3. The van der Waals surface area contributed by atoms with Crippen LogP contribution in [0.15, 0.2) is 18.5 Å². The first kappa shape index (κ1) is 11.8. The molecule has 1 heterocycles. The number of nitrogens with two attached hydrogens (primary N) is 1. The van der Waals surface area contributed by atoms with Crippen LogP contribution in [0.2, 0.25) is 0 Å². The highest BCUT2D eigenvalue weighted by molar-refractivity contribution is 5.69. The van der Waals surface area contributed by atoms with E-state index >= 15 is 0 Å². The molecule has 1 rings (SSSR count). The molecule has 0 spiro atoms. The maximum atomic E-state index is 11.3. The molecule has 0 amide bonds. The molecule has 0 bridgehead atoms. The summed E-state index contributed by atoms with van der Waals surface area (Å²) in [7, 11) is 0. The second kappa shape index (κ2) is 6.24. The first-order valence-electron chi connectivity index (χ1n) is 5.26. The van der Waals surface area contributed by atoms with Gasteiger partial charge in [0, 0.05) is 18.9 Å². The quantitative estimate of drug-likeness (QED) is 0.568. The van der Waals surface area contributed by atoms with Crippen molar-refractivity contribution in [3.8, 4) is 0 Å². The minimum atomic E-state index is -0.192. The molecule has 0 aliphatic rings.